The first-order valence-corrected chi connectivity index (χ1v) is 39.0. The highest BCUT2D eigenvalue weighted by Crippen LogP contribution is 2.45. The molecule has 0 aromatic heterocycles. The van der Waals surface area contributed by atoms with Crippen molar-refractivity contribution < 1.29 is 80.2 Å². The average Bonchev–Trinajstić information content (AvgIpc) is 3.58. The van der Waals surface area contributed by atoms with Crippen LogP contribution in [0, 0.1) is 11.8 Å². The summed E-state index contributed by atoms with van der Waals surface area (Å²) in [6.45, 7) is 9.52. The molecule has 0 bridgehead atoms. The molecule has 0 aromatic rings. The minimum Gasteiger partial charge on any atom is -0.462 e. The van der Waals surface area contributed by atoms with E-state index in [4.69, 9.17) is 37.0 Å². The SMILES string of the molecule is CCCCCCCCCCCCCC(=O)O[C@H](COC(=O)CCCCCCCCCCCC)COP(=O)(O)OC[C@H](O)COP(=O)(O)OC[C@@H](COC(=O)CCCCCCCCCCCC(C)C)OC(=O)CCCCCCCCCCCCCCC(C)C. The van der Waals surface area contributed by atoms with Crippen LogP contribution in [-0.4, -0.2) is 96.7 Å². The standard InChI is InChI=1S/C69H134O17P2/c1-7-9-11-13-15-17-21-28-35-41-47-53-68(73)85-64(57-79-66(71)51-45-39-33-27-18-16-14-12-10-8-2)59-83-87(75,76)81-55-63(70)56-82-88(77,78)84-60-65(58-80-67(72)52-46-40-34-30-24-26-32-38-44-50-62(5)6)86-69(74)54-48-42-36-29-23-20-19-22-25-31-37-43-49-61(3)4/h61-65,70H,7-60H2,1-6H3,(H,75,76)(H,77,78)/t63-,64+,65+/m0/s1. The Hall–Kier alpha value is -1.94. The number of hydrogen-bond acceptors (Lipinski definition) is 15. The maximum Gasteiger partial charge on any atom is 0.472 e. The molecule has 2 unspecified atom stereocenters. The number of carbonyl (C=O) groups is 4. The van der Waals surface area contributed by atoms with E-state index in [9.17, 15) is 43.2 Å². The Kier molecular flexibility index (Phi) is 59.9. The van der Waals surface area contributed by atoms with Crippen molar-refractivity contribution in [2.24, 2.45) is 11.8 Å². The zero-order valence-corrected chi connectivity index (χ0v) is 58.8. The molecule has 88 heavy (non-hydrogen) atoms. The van der Waals surface area contributed by atoms with E-state index in [1.165, 1.54) is 167 Å². The summed E-state index contributed by atoms with van der Waals surface area (Å²) in [6.07, 6.45) is 45.7. The van der Waals surface area contributed by atoms with Crippen molar-refractivity contribution in [3.8, 4) is 0 Å². The van der Waals surface area contributed by atoms with E-state index in [-0.39, 0.29) is 25.7 Å². The number of aliphatic hydroxyl groups is 1. The van der Waals surface area contributed by atoms with Crippen LogP contribution in [0.5, 0.6) is 0 Å². The molecule has 0 aliphatic rings. The zero-order valence-electron chi connectivity index (χ0n) is 57.0. The second kappa shape index (κ2) is 61.3. The second-order valence-corrected chi connectivity index (χ2v) is 28.8. The molecule has 0 radical (unpaired) electrons. The number of ether oxygens (including phenoxy) is 4. The van der Waals surface area contributed by atoms with Gasteiger partial charge in [0.1, 0.15) is 19.3 Å². The summed E-state index contributed by atoms with van der Waals surface area (Å²) in [5, 5.41) is 10.6. The van der Waals surface area contributed by atoms with Gasteiger partial charge in [-0.1, -0.05) is 298 Å². The largest absolute Gasteiger partial charge is 0.472 e. The Bertz CT molecular complexity index is 1720. The van der Waals surface area contributed by atoms with E-state index in [1.54, 1.807) is 0 Å². The lowest BCUT2D eigenvalue weighted by molar-refractivity contribution is -0.161. The summed E-state index contributed by atoms with van der Waals surface area (Å²) >= 11 is 0. The summed E-state index contributed by atoms with van der Waals surface area (Å²) in [6, 6.07) is 0. The van der Waals surface area contributed by atoms with E-state index in [0.29, 0.717) is 25.7 Å². The van der Waals surface area contributed by atoms with Gasteiger partial charge in [-0.25, -0.2) is 9.13 Å². The van der Waals surface area contributed by atoms with Crippen LogP contribution in [0.4, 0.5) is 0 Å². The van der Waals surface area contributed by atoms with Crippen LogP contribution in [0.3, 0.4) is 0 Å². The van der Waals surface area contributed by atoms with Crippen molar-refractivity contribution in [3.63, 3.8) is 0 Å². The Balaban J connectivity index is 5.25. The minimum atomic E-state index is -4.95. The summed E-state index contributed by atoms with van der Waals surface area (Å²) in [7, 11) is -9.90. The van der Waals surface area contributed by atoms with Gasteiger partial charge in [-0.05, 0) is 37.5 Å². The molecule has 19 heteroatoms. The lowest BCUT2D eigenvalue weighted by atomic mass is 10.0. The predicted molar refractivity (Wildman–Crippen MR) is 354 cm³/mol. The Morgan fingerprint density at radius 3 is 0.773 bits per heavy atom. The number of unbranched alkanes of at least 4 members (excludes halogenated alkanes) is 38. The molecule has 0 fully saturated rings. The van der Waals surface area contributed by atoms with E-state index in [0.717, 1.165) is 102 Å². The van der Waals surface area contributed by atoms with Gasteiger partial charge in [0.15, 0.2) is 12.2 Å². The molecule has 0 spiro atoms. The van der Waals surface area contributed by atoms with Crippen molar-refractivity contribution in [2.75, 3.05) is 39.6 Å². The van der Waals surface area contributed by atoms with E-state index in [2.05, 4.69) is 41.5 Å². The molecule has 5 atom stereocenters. The lowest BCUT2D eigenvalue weighted by Gasteiger charge is -2.21. The first kappa shape index (κ1) is 86.1. The fraction of sp³-hybridized carbons (Fsp3) is 0.942. The van der Waals surface area contributed by atoms with Gasteiger partial charge in [-0.15, -0.1) is 0 Å². The smallest absolute Gasteiger partial charge is 0.462 e. The van der Waals surface area contributed by atoms with Gasteiger partial charge >= 0.3 is 39.5 Å². The Morgan fingerprint density at radius 1 is 0.307 bits per heavy atom. The molecule has 0 aromatic carbocycles. The van der Waals surface area contributed by atoms with Crippen LogP contribution in [0.25, 0.3) is 0 Å². The van der Waals surface area contributed by atoms with Gasteiger partial charge in [-0.2, -0.15) is 0 Å². The minimum absolute atomic E-state index is 0.106. The van der Waals surface area contributed by atoms with Crippen LogP contribution in [0.1, 0.15) is 350 Å². The normalized spacial score (nSPS) is 14.2. The molecule has 522 valence electrons. The molecular formula is C69H134O17P2. The third-order valence-electron chi connectivity index (χ3n) is 16.0. The number of esters is 4. The van der Waals surface area contributed by atoms with Crippen molar-refractivity contribution in [1.82, 2.24) is 0 Å². The molecule has 0 rings (SSSR count). The number of rotatable bonds is 68. The first-order valence-electron chi connectivity index (χ1n) is 36.0. The van der Waals surface area contributed by atoms with Crippen molar-refractivity contribution in [2.45, 2.75) is 368 Å². The summed E-state index contributed by atoms with van der Waals surface area (Å²) in [5.41, 5.74) is 0. The highest BCUT2D eigenvalue weighted by Gasteiger charge is 2.30. The fourth-order valence-corrected chi connectivity index (χ4v) is 12.0. The lowest BCUT2D eigenvalue weighted by Crippen LogP contribution is -2.30. The Labute approximate surface area is 537 Å². The van der Waals surface area contributed by atoms with E-state index < -0.39 is 97.5 Å². The highest BCUT2D eigenvalue weighted by molar-refractivity contribution is 7.47. The maximum absolute atomic E-state index is 13.0. The van der Waals surface area contributed by atoms with Crippen LogP contribution in [-0.2, 0) is 65.4 Å². The predicted octanol–water partition coefficient (Wildman–Crippen LogP) is 19.6. The van der Waals surface area contributed by atoms with E-state index in [1.807, 2.05) is 0 Å². The summed E-state index contributed by atoms with van der Waals surface area (Å²) in [5.74, 6) is -0.604. The van der Waals surface area contributed by atoms with Crippen molar-refractivity contribution in [1.29, 1.82) is 0 Å². The van der Waals surface area contributed by atoms with E-state index >= 15 is 0 Å². The topological polar surface area (TPSA) is 237 Å². The molecule has 0 aliphatic carbocycles. The summed E-state index contributed by atoms with van der Waals surface area (Å²) in [4.78, 5) is 72.5. The van der Waals surface area contributed by atoms with Crippen LogP contribution >= 0.6 is 15.6 Å². The molecule has 0 amide bonds. The van der Waals surface area contributed by atoms with Crippen molar-refractivity contribution in [3.05, 3.63) is 0 Å². The Morgan fingerprint density at radius 2 is 0.523 bits per heavy atom. The zero-order chi connectivity index (χ0) is 65.0. The third-order valence-corrected chi connectivity index (χ3v) is 17.9. The second-order valence-electron chi connectivity index (χ2n) is 25.9. The summed E-state index contributed by atoms with van der Waals surface area (Å²) < 4.78 is 68.2. The first-order chi connectivity index (χ1) is 42.4. The number of phosphoric acid groups is 2. The molecular weight excluding hydrogens is 1160 g/mol. The van der Waals surface area contributed by atoms with Gasteiger partial charge < -0.3 is 33.8 Å². The number of hydrogen-bond donors (Lipinski definition) is 3. The van der Waals surface area contributed by atoms with Gasteiger partial charge in [-0.3, -0.25) is 37.3 Å². The number of aliphatic hydroxyl groups excluding tert-OH is 1. The molecule has 0 saturated carbocycles. The molecule has 0 heterocycles. The molecule has 17 nitrogen and oxygen atoms in total. The highest BCUT2D eigenvalue weighted by atomic mass is 31.2. The van der Waals surface area contributed by atoms with Crippen LogP contribution < -0.4 is 0 Å². The van der Waals surface area contributed by atoms with Crippen molar-refractivity contribution >= 4 is 39.5 Å². The molecule has 0 saturated heterocycles. The maximum atomic E-state index is 13.0. The third kappa shape index (κ3) is 62.8. The average molecular weight is 1300 g/mol. The molecule has 0 aliphatic heterocycles. The molecule has 3 N–H and O–H groups in total. The van der Waals surface area contributed by atoms with Gasteiger partial charge in [0.2, 0.25) is 0 Å². The monoisotopic (exact) mass is 1300 g/mol. The number of phosphoric ester groups is 2. The quantitative estimate of drug-likeness (QED) is 0.0222. The van der Waals surface area contributed by atoms with Gasteiger partial charge in [0.25, 0.3) is 0 Å². The van der Waals surface area contributed by atoms with Gasteiger partial charge in [0.05, 0.1) is 26.4 Å². The van der Waals surface area contributed by atoms with Crippen LogP contribution in [0.15, 0.2) is 0 Å². The fourth-order valence-electron chi connectivity index (χ4n) is 10.4. The number of carbonyl (C=O) groups excluding carboxylic acids is 4. The van der Waals surface area contributed by atoms with Gasteiger partial charge in [0, 0.05) is 25.7 Å². The van der Waals surface area contributed by atoms with Crippen LogP contribution in [0.2, 0.25) is 0 Å².